The lowest BCUT2D eigenvalue weighted by Crippen LogP contribution is -2.51. The largest absolute Gasteiger partial charge is 0.417 e. The lowest BCUT2D eigenvalue weighted by Gasteiger charge is -2.40. The summed E-state index contributed by atoms with van der Waals surface area (Å²) < 4.78 is 52.9. The van der Waals surface area contributed by atoms with Gasteiger partial charge in [-0.1, -0.05) is 13.0 Å². The number of amides is 1. The van der Waals surface area contributed by atoms with Gasteiger partial charge < -0.3 is 10.2 Å². The molecule has 1 amide bonds. The second-order valence-electron chi connectivity index (χ2n) is 7.95. The van der Waals surface area contributed by atoms with E-state index in [0.717, 1.165) is 29.9 Å². The van der Waals surface area contributed by atoms with Crippen molar-refractivity contribution in [3.63, 3.8) is 0 Å². The van der Waals surface area contributed by atoms with Crippen molar-refractivity contribution < 1.29 is 22.4 Å². The van der Waals surface area contributed by atoms with Crippen molar-refractivity contribution >= 4 is 11.7 Å². The fourth-order valence-electron chi connectivity index (χ4n) is 4.06. The van der Waals surface area contributed by atoms with Crippen LogP contribution in [0, 0.1) is 11.7 Å². The van der Waals surface area contributed by atoms with E-state index in [1.54, 1.807) is 4.90 Å². The summed E-state index contributed by atoms with van der Waals surface area (Å²) in [7, 11) is 0. The normalized spacial score (nSPS) is 18.9. The smallest absolute Gasteiger partial charge is 0.368 e. The Labute approximate surface area is 187 Å². The first kappa shape index (κ1) is 22.7. The van der Waals surface area contributed by atoms with E-state index in [0.29, 0.717) is 6.54 Å². The first-order chi connectivity index (χ1) is 15.8. The van der Waals surface area contributed by atoms with Crippen LogP contribution in [0.4, 0.5) is 23.4 Å². The van der Waals surface area contributed by atoms with Crippen molar-refractivity contribution in [1.29, 1.82) is 0 Å². The van der Waals surface area contributed by atoms with E-state index in [2.05, 4.69) is 20.5 Å². The molecule has 2 atom stereocenters. The Kier molecular flexibility index (Phi) is 6.30. The maximum absolute atomic E-state index is 14.6. The fourth-order valence-corrected chi connectivity index (χ4v) is 4.06. The third kappa shape index (κ3) is 4.81. The topological polar surface area (TPSA) is 75.9 Å². The molecular weight excluding hydrogens is 440 g/mol. The highest BCUT2D eigenvalue weighted by Gasteiger charge is 2.34. The summed E-state index contributed by atoms with van der Waals surface area (Å²) in [4.78, 5) is 20.1. The number of aromatic nitrogens is 4. The number of rotatable bonds is 5. The third-order valence-electron chi connectivity index (χ3n) is 5.80. The molecule has 1 aromatic carbocycles. The number of nitrogens with zero attached hydrogens (tertiary/aromatic N) is 5. The lowest BCUT2D eigenvalue weighted by molar-refractivity contribution is -0.137. The Hall–Kier alpha value is -3.50. The van der Waals surface area contributed by atoms with Crippen molar-refractivity contribution in [2.24, 2.45) is 5.92 Å². The van der Waals surface area contributed by atoms with Crippen molar-refractivity contribution in [3.8, 4) is 5.69 Å². The minimum atomic E-state index is -4.46. The number of hydrogen-bond donors (Lipinski definition) is 1. The molecule has 3 heterocycles. The number of alkyl halides is 3. The van der Waals surface area contributed by atoms with Crippen LogP contribution in [0.25, 0.3) is 5.69 Å². The number of para-hydroxylation sites is 1. The van der Waals surface area contributed by atoms with Gasteiger partial charge in [0, 0.05) is 19.3 Å². The van der Waals surface area contributed by atoms with E-state index in [1.165, 1.54) is 36.7 Å². The zero-order chi connectivity index (χ0) is 23.6. The molecule has 1 aliphatic rings. The van der Waals surface area contributed by atoms with Crippen LogP contribution in [-0.2, 0) is 6.18 Å². The molecule has 1 fully saturated rings. The summed E-state index contributed by atoms with van der Waals surface area (Å²) in [6.45, 7) is 2.77. The van der Waals surface area contributed by atoms with Gasteiger partial charge in [-0.3, -0.25) is 4.79 Å². The zero-order valence-corrected chi connectivity index (χ0v) is 17.8. The van der Waals surface area contributed by atoms with Gasteiger partial charge in [-0.05, 0) is 43.0 Å². The van der Waals surface area contributed by atoms with E-state index >= 15 is 0 Å². The summed E-state index contributed by atoms with van der Waals surface area (Å²) >= 11 is 0. The van der Waals surface area contributed by atoms with Gasteiger partial charge in [-0.25, -0.2) is 9.37 Å². The molecule has 4 rings (SSSR count). The molecule has 0 bridgehead atoms. The summed E-state index contributed by atoms with van der Waals surface area (Å²) in [5.74, 6) is -0.587. The maximum atomic E-state index is 14.6. The van der Waals surface area contributed by atoms with Crippen LogP contribution < -0.4 is 5.32 Å². The monoisotopic (exact) mass is 462 g/mol. The minimum absolute atomic E-state index is 0.0261. The summed E-state index contributed by atoms with van der Waals surface area (Å²) in [6, 6.07) is 6.18. The van der Waals surface area contributed by atoms with Crippen molar-refractivity contribution in [1.82, 2.24) is 24.9 Å². The van der Waals surface area contributed by atoms with Gasteiger partial charge in [-0.15, -0.1) is 4.80 Å². The van der Waals surface area contributed by atoms with Gasteiger partial charge in [0.2, 0.25) is 0 Å². The van der Waals surface area contributed by atoms with Gasteiger partial charge in [0.05, 0.1) is 29.6 Å². The van der Waals surface area contributed by atoms with Crippen LogP contribution >= 0.6 is 0 Å². The van der Waals surface area contributed by atoms with E-state index < -0.39 is 17.6 Å². The Morgan fingerprint density at radius 2 is 1.94 bits per heavy atom. The molecule has 2 unspecified atom stereocenters. The molecule has 0 saturated carbocycles. The van der Waals surface area contributed by atoms with Crippen LogP contribution in [0.5, 0.6) is 0 Å². The summed E-state index contributed by atoms with van der Waals surface area (Å²) in [5.41, 5.74) is -0.721. The van der Waals surface area contributed by atoms with Crippen LogP contribution in [-0.4, -0.2) is 49.9 Å². The SMILES string of the molecule is CC1CCCN(C(=O)c2cccc(F)c2-n2nccn2)C1CNc1ccc(C(F)(F)F)cn1. The second-order valence-corrected chi connectivity index (χ2v) is 7.95. The minimum Gasteiger partial charge on any atom is -0.368 e. The van der Waals surface area contributed by atoms with Crippen molar-refractivity contribution in [2.75, 3.05) is 18.4 Å². The average Bonchev–Trinajstić information content (AvgIpc) is 3.31. The molecule has 0 aliphatic carbocycles. The Bertz CT molecular complexity index is 1100. The molecule has 0 radical (unpaired) electrons. The highest BCUT2D eigenvalue weighted by atomic mass is 19.4. The maximum Gasteiger partial charge on any atom is 0.417 e. The Morgan fingerprint density at radius 1 is 1.18 bits per heavy atom. The van der Waals surface area contributed by atoms with Crippen molar-refractivity contribution in [2.45, 2.75) is 32.0 Å². The van der Waals surface area contributed by atoms with Crippen LogP contribution in [0.3, 0.4) is 0 Å². The first-order valence-electron chi connectivity index (χ1n) is 10.5. The predicted molar refractivity (Wildman–Crippen MR) is 112 cm³/mol. The fraction of sp³-hybridized carbons (Fsp3) is 0.364. The summed E-state index contributed by atoms with van der Waals surface area (Å²) in [6.07, 6.45) is 0.769. The number of likely N-dealkylation sites (tertiary alicyclic amines) is 1. The van der Waals surface area contributed by atoms with E-state index in [-0.39, 0.29) is 41.5 Å². The molecular formula is C22H22F4N6O. The number of carbonyl (C=O) groups is 1. The number of hydrogen-bond acceptors (Lipinski definition) is 5. The number of benzene rings is 1. The molecule has 1 aliphatic heterocycles. The molecule has 7 nitrogen and oxygen atoms in total. The molecule has 33 heavy (non-hydrogen) atoms. The van der Waals surface area contributed by atoms with Gasteiger partial charge in [0.1, 0.15) is 11.5 Å². The summed E-state index contributed by atoms with van der Waals surface area (Å²) in [5, 5.41) is 11.0. The molecule has 0 spiro atoms. The van der Waals surface area contributed by atoms with E-state index in [1.807, 2.05) is 6.92 Å². The van der Waals surface area contributed by atoms with Gasteiger partial charge >= 0.3 is 6.18 Å². The predicted octanol–water partition coefficient (Wildman–Crippen LogP) is 4.17. The zero-order valence-electron chi connectivity index (χ0n) is 17.8. The Morgan fingerprint density at radius 3 is 2.61 bits per heavy atom. The second kappa shape index (κ2) is 9.16. The molecule has 2 aromatic heterocycles. The van der Waals surface area contributed by atoms with E-state index in [9.17, 15) is 22.4 Å². The number of nitrogens with one attached hydrogen (secondary N) is 1. The number of piperidine rings is 1. The van der Waals surface area contributed by atoms with Gasteiger partial charge in [0.15, 0.2) is 5.82 Å². The van der Waals surface area contributed by atoms with Crippen LogP contribution in [0.2, 0.25) is 0 Å². The van der Waals surface area contributed by atoms with Crippen LogP contribution in [0.15, 0.2) is 48.9 Å². The lowest BCUT2D eigenvalue weighted by atomic mass is 9.90. The van der Waals surface area contributed by atoms with Gasteiger partial charge in [-0.2, -0.15) is 23.4 Å². The third-order valence-corrected chi connectivity index (χ3v) is 5.80. The van der Waals surface area contributed by atoms with Gasteiger partial charge in [0.25, 0.3) is 5.91 Å². The average molecular weight is 462 g/mol. The standard InChI is InChI=1S/C22H22F4N6O/c1-14-4-3-11-31(18(14)13-28-19-8-7-15(12-27-19)22(24,25)26)21(33)16-5-2-6-17(23)20(16)32-29-9-10-30-32/h2,5-10,12,14,18H,3-4,11,13H2,1H3,(H,27,28). The molecule has 11 heteroatoms. The van der Waals surface area contributed by atoms with E-state index in [4.69, 9.17) is 0 Å². The Balaban J connectivity index is 1.56. The van der Waals surface area contributed by atoms with Crippen LogP contribution in [0.1, 0.15) is 35.7 Å². The number of halogens is 4. The van der Waals surface area contributed by atoms with Crippen molar-refractivity contribution in [3.05, 3.63) is 65.9 Å². The number of pyridine rings is 1. The first-order valence-corrected chi connectivity index (χ1v) is 10.5. The number of anilines is 1. The molecule has 3 aromatic rings. The molecule has 174 valence electrons. The number of carbonyl (C=O) groups excluding carboxylic acids is 1. The molecule has 1 N–H and O–H groups in total. The molecule has 1 saturated heterocycles. The highest BCUT2D eigenvalue weighted by molar-refractivity contribution is 5.98. The quantitative estimate of drug-likeness (QED) is 0.576. The highest BCUT2D eigenvalue weighted by Crippen LogP contribution is 2.30.